The third-order valence-electron chi connectivity index (χ3n) is 1.94. The van der Waals surface area contributed by atoms with E-state index in [9.17, 15) is 15.0 Å². The number of nitrogen functional groups attached to an aromatic ring is 1. The van der Waals surface area contributed by atoms with Crippen LogP contribution in [0.1, 0.15) is 18.7 Å². The fourth-order valence-electron chi connectivity index (χ4n) is 1.11. The smallest absolute Gasteiger partial charge is 0.338 e. The second-order valence-corrected chi connectivity index (χ2v) is 3.16. The molecule has 6 nitrogen and oxygen atoms in total. The van der Waals surface area contributed by atoms with Crippen molar-refractivity contribution in [2.24, 2.45) is 0 Å². The summed E-state index contributed by atoms with van der Waals surface area (Å²) in [7, 11) is 0. The van der Waals surface area contributed by atoms with E-state index in [0.717, 1.165) is 0 Å². The highest BCUT2D eigenvalue weighted by Gasteiger charge is 2.27. The van der Waals surface area contributed by atoms with Crippen molar-refractivity contribution in [3.63, 3.8) is 0 Å². The van der Waals surface area contributed by atoms with E-state index >= 15 is 0 Å². The van der Waals surface area contributed by atoms with E-state index in [4.69, 9.17) is 5.73 Å². The molecule has 1 aromatic rings. The molecule has 4 N–H and O–H groups in total. The van der Waals surface area contributed by atoms with Crippen LogP contribution in [-0.4, -0.2) is 33.9 Å². The minimum Gasteiger partial charge on any atom is -0.464 e. The molecule has 6 heteroatoms. The molecule has 1 aromatic heterocycles. The fourth-order valence-corrected chi connectivity index (χ4v) is 1.11. The van der Waals surface area contributed by atoms with Gasteiger partial charge in [0.25, 0.3) is 0 Å². The van der Waals surface area contributed by atoms with Gasteiger partial charge in [-0.05, 0) is 19.1 Å². The summed E-state index contributed by atoms with van der Waals surface area (Å²) in [6, 6.07) is 2.95. The van der Waals surface area contributed by atoms with Gasteiger partial charge in [0.05, 0.1) is 24.2 Å². The normalized spacial score (nSPS) is 14.2. The van der Waals surface area contributed by atoms with E-state index in [1.807, 2.05) is 0 Å². The highest BCUT2D eigenvalue weighted by Crippen LogP contribution is 2.16. The van der Waals surface area contributed by atoms with Crippen LogP contribution in [-0.2, 0) is 9.53 Å². The van der Waals surface area contributed by atoms with Crippen molar-refractivity contribution in [2.75, 3.05) is 12.3 Å². The summed E-state index contributed by atoms with van der Waals surface area (Å²) in [6.07, 6.45) is -1.73. The lowest BCUT2D eigenvalue weighted by molar-refractivity contribution is -0.159. The van der Waals surface area contributed by atoms with Crippen LogP contribution in [0.3, 0.4) is 0 Å². The SMILES string of the molecule is CCOC(=O)C(O)C(O)c1ccc(N)cn1. The lowest BCUT2D eigenvalue weighted by Gasteiger charge is -2.15. The molecule has 1 rings (SSSR count). The Bertz CT molecular complexity index is 352. The van der Waals surface area contributed by atoms with Crippen molar-refractivity contribution >= 4 is 11.7 Å². The second-order valence-electron chi connectivity index (χ2n) is 3.16. The molecular formula is C10H14N2O4. The Morgan fingerprint density at radius 2 is 2.25 bits per heavy atom. The van der Waals surface area contributed by atoms with Gasteiger partial charge >= 0.3 is 5.97 Å². The summed E-state index contributed by atoms with van der Waals surface area (Å²) in [5, 5.41) is 19.1. The van der Waals surface area contributed by atoms with Gasteiger partial charge in [-0.1, -0.05) is 0 Å². The van der Waals surface area contributed by atoms with Gasteiger partial charge in [0.1, 0.15) is 6.10 Å². The third kappa shape index (κ3) is 2.91. The summed E-state index contributed by atoms with van der Waals surface area (Å²) in [5.41, 5.74) is 6.01. The van der Waals surface area contributed by atoms with Crippen molar-refractivity contribution in [3.8, 4) is 0 Å². The van der Waals surface area contributed by atoms with Crippen molar-refractivity contribution < 1.29 is 19.7 Å². The van der Waals surface area contributed by atoms with E-state index in [2.05, 4.69) is 9.72 Å². The van der Waals surface area contributed by atoms with Crippen LogP contribution in [0, 0.1) is 0 Å². The van der Waals surface area contributed by atoms with Crippen LogP contribution >= 0.6 is 0 Å². The number of aliphatic hydroxyl groups is 2. The quantitative estimate of drug-likeness (QED) is 0.604. The number of carbonyl (C=O) groups is 1. The second kappa shape index (κ2) is 5.43. The molecular weight excluding hydrogens is 212 g/mol. The van der Waals surface area contributed by atoms with E-state index < -0.39 is 18.2 Å². The van der Waals surface area contributed by atoms with Crippen LogP contribution in [0.25, 0.3) is 0 Å². The molecule has 0 fully saturated rings. The molecule has 16 heavy (non-hydrogen) atoms. The molecule has 0 aliphatic carbocycles. The van der Waals surface area contributed by atoms with Crippen LogP contribution in [0.2, 0.25) is 0 Å². The van der Waals surface area contributed by atoms with Gasteiger partial charge in [-0.2, -0.15) is 0 Å². The Morgan fingerprint density at radius 3 is 2.75 bits per heavy atom. The van der Waals surface area contributed by atoms with Crippen molar-refractivity contribution in [3.05, 3.63) is 24.0 Å². The topological polar surface area (TPSA) is 106 Å². The highest BCUT2D eigenvalue weighted by atomic mass is 16.5. The highest BCUT2D eigenvalue weighted by molar-refractivity contribution is 5.75. The molecule has 0 saturated heterocycles. The molecule has 2 atom stereocenters. The Labute approximate surface area is 92.7 Å². The first-order chi connectivity index (χ1) is 7.56. The average molecular weight is 226 g/mol. The molecule has 1 heterocycles. The number of hydrogen-bond acceptors (Lipinski definition) is 6. The maximum absolute atomic E-state index is 11.1. The van der Waals surface area contributed by atoms with E-state index in [1.165, 1.54) is 18.3 Å². The van der Waals surface area contributed by atoms with Crippen LogP contribution < -0.4 is 5.73 Å². The average Bonchev–Trinajstić information content (AvgIpc) is 2.28. The number of pyridine rings is 1. The predicted octanol–water partition coefficient (Wildman–Crippen LogP) is -0.379. The van der Waals surface area contributed by atoms with Crippen LogP contribution in [0.5, 0.6) is 0 Å². The van der Waals surface area contributed by atoms with Crippen LogP contribution in [0.15, 0.2) is 18.3 Å². The Kier molecular flexibility index (Phi) is 4.21. The number of ether oxygens (including phenoxy) is 1. The molecule has 0 spiro atoms. The van der Waals surface area contributed by atoms with Gasteiger partial charge < -0.3 is 20.7 Å². The summed E-state index contributed by atoms with van der Waals surface area (Å²) in [5.74, 6) is -0.881. The van der Waals surface area contributed by atoms with Crippen molar-refractivity contribution in [1.29, 1.82) is 0 Å². The number of aromatic nitrogens is 1. The molecule has 0 bridgehead atoms. The van der Waals surface area contributed by atoms with Gasteiger partial charge in [0.15, 0.2) is 6.10 Å². The largest absolute Gasteiger partial charge is 0.464 e. The molecule has 0 radical (unpaired) electrons. The summed E-state index contributed by atoms with van der Waals surface area (Å²) in [4.78, 5) is 14.9. The molecule has 0 amide bonds. The maximum Gasteiger partial charge on any atom is 0.338 e. The summed E-state index contributed by atoms with van der Waals surface area (Å²) in [6.45, 7) is 1.75. The minimum absolute atomic E-state index is 0.137. The van der Waals surface area contributed by atoms with Crippen LogP contribution in [0.4, 0.5) is 5.69 Å². The first kappa shape index (κ1) is 12.4. The zero-order valence-corrected chi connectivity index (χ0v) is 8.83. The number of anilines is 1. The number of aliphatic hydroxyl groups excluding tert-OH is 2. The Hall–Kier alpha value is -1.66. The monoisotopic (exact) mass is 226 g/mol. The van der Waals surface area contributed by atoms with Gasteiger partial charge in [0, 0.05) is 0 Å². The molecule has 0 saturated carbocycles. The van der Waals surface area contributed by atoms with Crippen molar-refractivity contribution in [2.45, 2.75) is 19.1 Å². The number of rotatable bonds is 4. The lowest BCUT2D eigenvalue weighted by atomic mass is 10.1. The standard InChI is InChI=1S/C10H14N2O4/c1-2-16-10(15)9(14)8(13)7-4-3-6(11)5-12-7/h3-5,8-9,13-14H,2,11H2,1H3. The van der Waals surface area contributed by atoms with Crippen molar-refractivity contribution in [1.82, 2.24) is 4.98 Å². The van der Waals surface area contributed by atoms with Gasteiger partial charge in [-0.3, -0.25) is 4.98 Å². The first-order valence-electron chi connectivity index (χ1n) is 4.80. The van der Waals surface area contributed by atoms with Gasteiger partial charge in [-0.15, -0.1) is 0 Å². The number of carbonyl (C=O) groups excluding carboxylic acids is 1. The first-order valence-corrected chi connectivity index (χ1v) is 4.80. The minimum atomic E-state index is -1.64. The molecule has 2 unspecified atom stereocenters. The molecule has 0 aliphatic rings. The summed E-state index contributed by atoms with van der Waals surface area (Å²) >= 11 is 0. The number of esters is 1. The Balaban J connectivity index is 2.73. The number of hydrogen-bond donors (Lipinski definition) is 3. The van der Waals surface area contributed by atoms with Gasteiger partial charge in [-0.25, -0.2) is 4.79 Å². The van der Waals surface area contributed by atoms with E-state index in [-0.39, 0.29) is 12.3 Å². The van der Waals surface area contributed by atoms with E-state index in [1.54, 1.807) is 6.92 Å². The molecule has 0 aliphatic heterocycles. The number of nitrogens with two attached hydrogens (primary N) is 1. The number of nitrogens with zero attached hydrogens (tertiary/aromatic N) is 1. The zero-order valence-electron chi connectivity index (χ0n) is 8.83. The predicted molar refractivity (Wildman–Crippen MR) is 56.2 cm³/mol. The van der Waals surface area contributed by atoms with Gasteiger partial charge in [0.2, 0.25) is 0 Å². The molecule has 0 aromatic carbocycles. The third-order valence-corrected chi connectivity index (χ3v) is 1.94. The fraction of sp³-hybridized carbons (Fsp3) is 0.400. The summed E-state index contributed by atoms with van der Waals surface area (Å²) < 4.78 is 4.57. The van der Waals surface area contributed by atoms with E-state index in [0.29, 0.717) is 5.69 Å². The molecule has 88 valence electrons. The maximum atomic E-state index is 11.1. The Morgan fingerprint density at radius 1 is 1.56 bits per heavy atom. The lowest BCUT2D eigenvalue weighted by Crippen LogP contribution is -2.30. The zero-order chi connectivity index (χ0) is 12.1.